The highest BCUT2D eigenvalue weighted by Crippen LogP contribution is 2.28. The van der Waals surface area contributed by atoms with Crippen LogP contribution in [0, 0.1) is 6.92 Å². The van der Waals surface area contributed by atoms with E-state index in [9.17, 15) is 20.4 Å². The molecule has 0 saturated carbocycles. The maximum atomic E-state index is 9.19. The number of aliphatic hydroxyl groups excluding tert-OH is 2. The molecule has 2 aromatic rings. The molecular weight excluding hydrogens is 260 g/mol. The highest BCUT2D eigenvalue weighted by molar-refractivity contribution is 5.39. The first-order valence-corrected chi connectivity index (χ1v) is 6.07. The Labute approximate surface area is 116 Å². The summed E-state index contributed by atoms with van der Waals surface area (Å²) in [5.74, 6) is 0.862. The molecular formula is C15H16O5. The zero-order valence-corrected chi connectivity index (χ0v) is 10.9. The Kier molecular flexibility index (Phi) is 4.36. The molecule has 5 nitrogen and oxygen atoms in total. The van der Waals surface area contributed by atoms with Gasteiger partial charge in [-0.25, -0.2) is 0 Å². The predicted octanol–water partition coefficient (Wildman–Crippen LogP) is 1.75. The van der Waals surface area contributed by atoms with E-state index >= 15 is 0 Å². The second-order valence-corrected chi connectivity index (χ2v) is 4.50. The molecule has 0 aliphatic carbocycles. The maximum Gasteiger partial charge on any atom is 0.178 e. The average Bonchev–Trinajstić information content (AvgIpc) is 2.41. The molecule has 0 aliphatic heterocycles. The van der Waals surface area contributed by atoms with E-state index in [0.29, 0.717) is 11.5 Å². The topological polar surface area (TPSA) is 90.2 Å². The number of aliphatic hydroxyl groups is 4. The molecule has 4 N–H and O–H groups in total. The van der Waals surface area contributed by atoms with Crippen LogP contribution in [0.4, 0.5) is 0 Å². The van der Waals surface area contributed by atoms with Gasteiger partial charge in [-0.1, -0.05) is 17.7 Å². The maximum absolute atomic E-state index is 9.19. The Morgan fingerprint density at radius 1 is 0.750 bits per heavy atom. The van der Waals surface area contributed by atoms with Crippen LogP contribution in [0.3, 0.4) is 0 Å². The lowest BCUT2D eigenvalue weighted by Gasteiger charge is -2.13. The third-order valence-electron chi connectivity index (χ3n) is 2.80. The fourth-order valence-electron chi connectivity index (χ4n) is 1.75. The second-order valence-electron chi connectivity index (χ2n) is 4.50. The summed E-state index contributed by atoms with van der Waals surface area (Å²) in [5, 5.41) is 36.8. The van der Waals surface area contributed by atoms with Crippen molar-refractivity contribution < 1.29 is 25.2 Å². The lowest BCUT2D eigenvalue weighted by molar-refractivity contribution is -0.0476. The van der Waals surface area contributed by atoms with Gasteiger partial charge in [-0.2, -0.15) is 0 Å². The molecule has 0 saturated heterocycles. The number of aryl methyl sites for hydroxylation is 1. The van der Waals surface area contributed by atoms with E-state index in [1.54, 1.807) is 12.1 Å². The van der Waals surface area contributed by atoms with Crippen molar-refractivity contribution in [3.8, 4) is 11.5 Å². The monoisotopic (exact) mass is 276 g/mol. The molecule has 0 aliphatic rings. The molecule has 5 heteroatoms. The summed E-state index contributed by atoms with van der Waals surface area (Å²) in [5.41, 5.74) is 1.33. The molecule has 2 rings (SSSR count). The molecule has 0 amide bonds. The van der Waals surface area contributed by atoms with Crippen LogP contribution >= 0.6 is 0 Å². The smallest absolute Gasteiger partial charge is 0.178 e. The largest absolute Gasteiger partial charge is 0.457 e. The van der Waals surface area contributed by atoms with Crippen LogP contribution in [-0.4, -0.2) is 20.4 Å². The standard InChI is InChI=1S/C15H16O5/c1-9-2-4-12(5-3-9)20-13-7-10(14(16)17)6-11(8-13)15(18)19/h2-8,14-19H,1H3. The Bertz CT molecular complexity index is 549. The van der Waals surface area contributed by atoms with Crippen molar-refractivity contribution in [2.75, 3.05) is 0 Å². The first kappa shape index (κ1) is 14.5. The van der Waals surface area contributed by atoms with E-state index in [-0.39, 0.29) is 11.1 Å². The van der Waals surface area contributed by atoms with Crippen LogP contribution in [-0.2, 0) is 0 Å². The molecule has 2 aromatic carbocycles. The molecule has 0 spiro atoms. The van der Waals surface area contributed by atoms with Crippen LogP contribution in [0.5, 0.6) is 11.5 Å². The zero-order valence-electron chi connectivity index (χ0n) is 10.9. The van der Waals surface area contributed by atoms with Crippen LogP contribution in [0.1, 0.15) is 29.3 Å². The van der Waals surface area contributed by atoms with Gasteiger partial charge in [0.1, 0.15) is 11.5 Å². The lowest BCUT2D eigenvalue weighted by atomic mass is 10.1. The molecule has 106 valence electrons. The van der Waals surface area contributed by atoms with Gasteiger partial charge in [0, 0.05) is 11.1 Å². The van der Waals surface area contributed by atoms with Crippen molar-refractivity contribution in [2.45, 2.75) is 19.5 Å². The summed E-state index contributed by atoms with van der Waals surface area (Å²) >= 11 is 0. The number of ether oxygens (including phenoxy) is 1. The van der Waals surface area contributed by atoms with E-state index in [1.165, 1.54) is 18.2 Å². The number of hydrogen-bond donors (Lipinski definition) is 4. The fourth-order valence-corrected chi connectivity index (χ4v) is 1.75. The van der Waals surface area contributed by atoms with Gasteiger partial charge in [-0.3, -0.25) is 0 Å². The Balaban J connectivity index is 2.32. The van der Waals surface area contributed by atoms with Gasteiger partial charge in [-0.15, -0.1) is 0 Å². The van der Waals surface area contributed by atoms with Crippen LogP contribution in [0.25, 0.3) is 0 Å². The molecule has 0 atom stereocenters. The highest BCUT2D eigenvalue weighted by Gasteiger charge is 2.12. The van der Waals surface area contributed by atoms with Gasteiger partial charge in [0.05, 0.1) is 0 Å². The summed E-state index contributed by atoms with van der Waals surface area (Å²) in [4.78, 5) is 0. The van der Waals surface area contributed by atoms with Crippen molar-refractivity contribution in [1.82, 2.24) is 0 Å². The second kappa shape index (κ2) is 6.02. The van der Waals surface area contributed by atoms with E-state index in [2.05, 4.69) is 0 Å². The SMILES string of the molecule is Cc1ccc(Oc2cc(C(O)O)cc(C(O)O)c2)cc1. The molecule has 20 heavy (non-hydrogen) atoms. The van der Waals surface area contributed by atoms with Gasteiger partial charge in [0.2, 0.25) is 0 Å². The van der Waals surface area contributed by atoms with Gasteiger partial charge in [0.15, 0.2) is 12.6 Å². The molecule has 0 aromatic heterocycles. The zero-order chi connectivity index (χ0) is 14.7. The lowest BCUT2D eigenvalue weighted by Crippen LogP contribution is -2.01. The Morgan fingerprint density at radius 3 is 1.70 bits per heavy atom. The summed E-state index contributed by atoms with van der Waals surface area (Å²) in [6.45, 7) is 1.95. The molecule has 0 unspecified atom stereocenters. The quantitative estimate of drug-likeness (QED) is 0.639. The number of hydrogen-bond acceptors (Lipinski definition) is 5. The van der Waals surface area contributed by atoms with Crippen LogP contribution in [0.15, 0.2) is 42.5 Å². The minimum atomic E-state index is -1.71. The third-order valence-corrected chi connectivity index (χ3v) is 2.80. The molecule has 0 radical (unpaired) electrons. The van der Waals surface area contributed by atoms with Crippen molar-refractivity contribution in [3.63, 3.8) is 0 Å². The van der Waals surface area contributed by atoms with Gasteiger partial charge >= 0.3 is 0 Å². The summed E-state index contributed by atoms with van der Waals surface area (Å²) in [7, 11) is 0. The van der Waals surface area contributed by atoms with E-state index in [0.717, 1.165) is 5.56 Å². The van der Waals surface area contributed by atoms with E-state index in [1.807, 2.05) is 19.1 Å². The van der Waals surface area contributed by atoms with Crippen molar-refractivity contribution in [2.24, 2.45) is 0 Å². The Morgan fingerprint density at radius 2 is 1.25 bits per heavy atom. The van der Waals surface area contributed by atoms with E-state index < -0.39 is 12.6 Å². The summed E-state index contributed by atoms with van der Waals surface area (Å²) in [6.07, 6.45) is -3.43. The first-order valence-electron chi connectivity index (χ1n) is 6.07. The van der Waals surface area contributed by atoms with Crippen molar-refractivity contribution in [1.29, 1.82) is 0 Å². The summed E-state index contributed by atoms with van der Waals surface area (Å²) < 4.78 is 5.57. The Hall–Kier alpha value is -1.92. The predicted molar refractivity (Wildman–Crippen MR) is 72.1 cm³/mol. The first-order chi connectivity index (χ1) is 9.45. The minimum absolute atomic E-state index is 0.123. The van der Waals surface area contributed by atoms with Crippen LogP contribution in [0.2, 0.25) is 0 Å². The average molecular weight is 276 g/mol. The van der Waals surface area contributed by atoms with Crippen molar-refractivity contribution in [3.05, 3.63) is 59.2 Å². The fraction of sp³-hybridized carbons (Fsp3) is 0.200. The van der Waals surface area contributed by atoms with Crippen LogP contribution < -0.4 is 4.74 Å². The normalized spacial score (nSPS) is 11.2. The molecule has 0 fully saturated rings. The minimum Gasteiger partial charge on any atom is -0.457 e. The van der Waals surface area contributed by atoms with Gasteiger partial charge in [0.25, 0.3) is 0 Å². The third kappa shape index (κ3) is 3.55. The van der Waals surface area contributed by atoms with Gasteiger partial charge in [-0.05, 0) is 37.3 Å². The summed E-state index contributed by atoms with van der Waals surface area (Å²) in [6, 6.07) is 11.4. The molecule has 0 bridgehead atoms. The molecule has 0 heterocycles. The van der Waals surface area contributed by atoms with Gasteiger partial charge < -0.3 is 25.2 Å². The highest BCUT2D eigenvalue weighted by atomic mass is 16.5. The van der Waals surface area contributed by atoms with E-state index in [4.69, 9.17) is 4.74 Å². The number of benzene rings is 2. The number of rotatable bonds is 4. The van der Waals surface area contributed by atoms with Crippen molar-refractivity contribution >= 4 is 0 Å².